The third-order valence-electron chi connectivity index (χ3n) is 13.9. The monoisotopic (exact) mass is 956 g/mol. The zero-order valence-electron chi connectivity index (χ0n) is 45.6. The van der Waals surface area contributed by atoms with E-state index in [0.29, 0.717) is 19.4 Å². The molecule has 0 rings (SSSR count). The number of hydrogen-bond acceptors (Lipinski definition) is 5. The number of carbonyl (C=O) groups excluding carboxylic acids is 2. The Hall–Kier alpha value is -1.92. The van der Waals surface area contributed by atoms with Crippen molar-refractivity contribution in [1.29, 1.82) is 0 Å². The number of hydrogen-bond donors (Lipinski definition) is 3. The van der Waals surface area contributed by atoms with Crippen molar-refractivity contribution >= 4 is 11.9 Å². The SMILES string of the molecule is CCCCCCCC/C=C\CCCCCCCCCCCC(=O)OCCCCCCCC/C=C\CCCCCCCCCC(=O)NC(CO)C(O)/C=C/CCCCCCCCCCCCCCC. The largest absolute Gasteiger partial charge is 0.466 e. The Morgan fingerprint density at radius 2 is 0.691 bits per heavy atom. The minimum absolute atomic E-state index is 0.00319. The molecule has 68 heavy (non-hydrogen) atoms. The van der Waals surface area contributed by atoms with E-state index >= 15 is 0 Å². The van der Waals surface area contributed by atoms with Crippen molar-refractivity contribution in [3.63, 3.8) is 0 Å². The molecule has 2 atom stereocenters. The summed E-state index contributed by atoms with van der Waals surface area (Å²) in [6.45, 7) is 4.89. The van der Waals surface area contributed by atoms with Crippen molar-refractivity contribution in [1.82, 2.24) is 5.32 Å². The number of amides is 1. The van der Waals surface area contributed by atoms with Crippen LogP contribution in [0.4, 0.5) is 0 Å². The summed E-state index contributed by atoms with van der Waals surface area (Å²) in [5.41, 5.74) is 0. The standard InChI is InChI=1S/C62H117NO5/c1-3-5-7-9-11-13-15-17-19-20-21-24-28-32-36-40-44-48-52-56-62(67)68-57-53-49-45-41-37-33-29-25-22-23-27-31-35-39-43-47-51-55-61(66)63-59(58-64)60(65)54-50-46-42-38-34-30-26-18-16-14-12-10-8-6-4-2/h17,19,22,25,50,54,59-60,64-65H,3-16,18,20-21,23-24,26-49,51-53,55-58H2,1-2H3,(H,63,66)/b19-17-,25-22-,54-50+. The molecule has 6 nitrogen and oxygen atoms in total. The van der Waals surface area contributed by atoms with Gasteiger partial charge in [-0.2, -0.15) is 0 Å². The van der Waals surface area contributed by atoms with Gasteiger partial charge in [-0.3, -0.25) is 9.59 Å². The van der Waals surface area contributed by atoms with Crippen LogP contribution in [0, 0.1) is 0 Å². The van der Waals surface area contributed by atoms with Crippen molar-refractivity contribution in [2.45, 2.75) is 334 Å². The molecule has 1 amide bonds. The molecule has 0 radical (unpaired) electrons. The Balaban J connectivity index is 3.46. The molecule has 0 aliphatic carbocycles. The molecule has 0 saturated heterocycles. The van der Waals surface area contributed by atoms with Crippen LogP contribution in [0.5, 0.6) is 0 Å². The molecule has 0 aromatic carbocycles. The highest BCUT2D eigenvalue weighted by atomic mass is 16.5. The van der Waals surface area contributed by atoms with Crippen LogP contribution in [0.3, 0.4) is 0 Å². The molecule has 0 aromatic rings. The molecule has 3 N–H and O–H groups in total. The van der Waals surface area contributed by atoms with Crippen LogP contribution in [0.25, 0.3) is 0 Å². The summed E-state index contributed by atoms with van der Waals surface area (Å²) in [4.78, 5) is 24.5. The average Bonchev–Trinajstić information content (AvgIpc) is 3.34. The van der Waals surface area contributed by atoms with E-state index in [9.17, 15) is 19.8 Å². The maximum absolute atomic E-state index is 12.5. The fourth-order valence-electron chi connectivity index (χ4n) is 9.21. The van der Waals surface area contributed by atoms with Gasteiger partial charge in [0.2, 0.25) is 5.91 Å². The van der Waals surface area contributed by atoms with Gasteiger partial charge in [-0.05, 0) is 83.5 Å². The summed E-state index contributed by atoms with van der Waals surface area (Å²) in [5, 5.41) is 23.1. The lowest BCUT2D eigenvalue weighted by Crippen LogP contribution is -2.45. The first-order chi connectivity index (χ1) is 33.5. The fourth-order valence-corrected chi connectivity index (χ4v) is 9.21. The number of unbranched alkanes of at least 4 members (excludes halogenated alkanes) is 41. The van der Waals surface area contributed by atoms with Crippen LogP contribution in [0.15, 0.2) is 36.5 Å². The van der Waals surface area contributed by atoms with Gasteiger partial charge in [-0.25, -0.2) is 0 Å². The van der Waals surface area contributed by atoms with E-state index in [1.165, 1.54) is 238 Å². The van der Waals surface area contributed by atoms with Gasteiger partial charge in [0, 0.05) is 12.8 Å². The molecule has 0 aliphatic heterocycles. The molecule has 2 unspecified atom stereocenters. The first kappa shape index (κ1) is 66.1. The molecule has 0 spiro atoms. The Morgan fingerprint density at radius 1 is 0.397 bits per heavy atom. The second-order valence-electron chi connectivity index (χ2n) is 20.7. The second kappa shape index (κ2) is 57.7. The molecule has 0 aliphatic rings. The predicted octanol–water partition coefficient (Wildman–Crippen LogP) is 18.8. The minimum Gasteiger partial charge on any atom is -0.466 e. The second-order valence-corrected chi connectivity index (χ2v) is 20.7. The normalized spacial score (nSPS) is 12.8. The molecule has 6 heteroatoms. The zero-order chi connectivity index (χ0) is 49.3. The van der Waals surface area contributed by atoms with E-state index in [0.717, 1.165) is 57.8 Å². The molecular weight excluding hydrogens is 839 g/mol. The van der Waals surface area contributed by atoms with Gasteiger partial charge in [0.25, 0.3) is 0 Å². The van der Waals surface area contributed by atoms with Crippen LogP contribution in [0.1, 0.15) is 322 Å². The van der Waals surface area contributed by atoms with Crippen LogP contribution >= 0.6 is 0 Å². The van der Waals surface area contributed by atoms with Gasteiger partial charge in [0.15, 0.2) is 0 Å². The molecule has 0 heterocycles. The zero-order valence-corrected chi connectivity index (χ0v) is 45.6. The van der Waals surface area contributed by atoms with Gasteiger partial charge in [0.1, 0.15) is 0 Å². The maximum Gasteiger partial charge on any atom is 0.305 e. The topological polar surface area (TPSA) is 95.9 Å². The van der Waals surface area contributed by atoms with Crippen LogP contribution in [-0.4, -0.2) is 47.4 Å². The Morgan fingerprint density at radius 3 is 1.04 bits per heavy atom. The highest BCUT2D eigenvalue weighted by Crippen LogP contribution is 2.16. The number of rotatable bonds is 56. The van der Waals surface area contributed by atoms with Crippen LogP contribution < -0.4 is 5.32 Å². The molecular formula is C62H117NO5. The number of aliphatic hydroxyl groups is 2. The van der Waals surface area contributed by atoms with Gasteiger partial charge < -0.3 is 20.3 Å². The van der Waals surface area contributed by atoms with Crippen molar-refractivity contribution in [2.75, 3.05) is 13.2 Å². The van der Waals surface area contributed by atoms with Gasteiger partial charge in [0.05, 0.1) is 25.4 Å². The molecule has 0 fully saturated rings. The van der Waals surface area contributed by atoms with Crippen molar-refractivity contribution < 1.29 is 24.5 Å². The fraction of sp³-hybridized carbons (Fsp3) is 0.871. The van der Waals surface area contributed by atoms with E-state index < -0.39 is 12.1 Å². The number of esters is 1. The van der Waals surface area contributed by atoms with Crippen molar-refractivity contribution in [3.05, 3.63) is 36.5 Å². The van der Waals surface area contributed by atoms with Crippen LogP contribution in [0.2, 0.25) is 0 Å². The lowest BCUT2D eigenvalue weighted by molar-refractivity contribution is -0.143. The first-order valence-corrected chi connectivity index (χ1v) is 30.3. The van der Waals surface area contributed by atoms with Crippen LogP contribution in [-0.2, 0) is 14.3 Å². The molecule has 0 bridgehead atoms. The van der Waals surface area contributed by atoms with Gasteiger partial charge in [-0.15, -0.1) is 0 Å². The Kier molecular flexibility index (Phi) is 56.0. The Bertz CT molecular complexity index is 1100. The predicted molar refractivity (Wildman–Crippen MR) is 296 cm³/mol. The number of aliphatic hydroxyl groups excluding tert-OH is 2. The third kappa shape index (κ3) is 53.4. The maximum atomic E-state index is 12.5. The minimum atomic E-state index is -0.852. The third-order valence-corrected chi connectivity index (χ3v) is 13.9. The van der Waals surface area contributed by atoms with Gasteiger partial charge in [-0.1, -0.05) is 262 Å². The summed E-state index contributed by atoms with van der Waals surface area (Å²) in [6, 6.07) is -0.637. The number of carbonyl (C=O) groups is 2. The lowest BCUT2D eigenvalue weighted by atomic mass is 10.0. The van der Waals surface area contributed by atoms with Crippen molar-refractivity contribution in [2.24, 2.45) is 0 Å². The van der Waals surface area contributed by atoms with E-state index in [-0.39, 0.29) is 18.5 Å². The van der Waals surface area contributed by atoms with E-state index in [1.54, 1.807) is 6.08 Å². The summed E-state index contributed by atoms with van der Waals surface area (Å²) in [6.07, 6.45) is 71.7. The highest BCUT2D eigenvalue weighted by Gasteiger charge is 2.18. The quantitative estimate of drug-likeness (QED) is 0.0321. The molecule has 0 aromatic heterocycles. The van der Waals surface area contributed by atoms with E-state index in [1.807, 2.05) is 6.08 Å². The number of ether oxygens (including phenoxy) is 1. The molecule has 0 saturated carbocycles. The number of allylic oxidation sites excluding steroid dienone is 5. The average molecular weight is 957 g/mol. The van der Waals surface area contributed by atoms with Gasteiger partial charge >= 0.3 is 5.97 Å². The van der Waals surface area contributed by atoms with Crippen molar-refractivity contribution in [3.8, 4) is 0 Å². The van der Waals surface area contributed by atoms with E-state index in [4.69, 9.17) is 4.74 Å². The summed E-state index contributed by atoms with van der Waals surface area (Å²) in [5.74, 6) is -0.0825. The summed E-state index contributed by atoms with van der Waals surface area (Å²) in [7, 11) is 0. The first-order valence-electron chi connectivity index (χ1n) is 30.3. The smallest absolute Gasteiger partial charge is 0.305 e. The summed E-state index contributed by atoms with van der Waals surface area (Å²) < 4.78 is 5.49. The summed E-state index contributed by atoms with van der Waals surface area (Å²) >= 11 is 0. The number of nitrogens with one attached hydrogen (secondary N) is 1. The molecule has 400 valence electrons. The highest BCUT2D eigenvalue weighted by molar-refractivity contribution is 5.76. The Labute approximate surface area is 424 Å². The lowest BCUT2D eigenvalue weighted by Gasteiger charge is -2.20. The van der Waals surface area contributed by atoms with E-state index in [2.05, 4.69) is 43.5 Å².